The molecule has 0 saturated heterocycles. The van der Waals surface area contributed by atoms with E-state index in [1.165, 1.54) is 11.1 Å². The highest BCUT2D eigenvalue weighted by molar-refractivity contribution is 5.97. The fourth-order valence-electron chi connectivity index (χ4n) is 4.35. The van der Waals surface area contributed by atoms with Crippen LogP contribution in [-0.4, -0.2) is 69.7 Å². The molecule has 176 valence electrons. The quantitative estimate of drug-likeness (QED) is 0.600. The van der Waals surface area contributed by atoms with Crippen LogP contribution in [0.5, 0.6) is 17.5 Å². The molecule has 0 saturated carbocycles. The zero-order valence-electron chi connectivity index (χ0n) is 18.6. The van der Waals surface area contributed by atoms with Crippen molar-refractivity contribution >= 4 is 5.91 Å². The number of carbonyl (C=O) groups excluding carboxylic acids is 1. The number of ether oxygens (including phenoxy) is 2. The van der Waals surface area contributed by atoms with E-state index in [9.17, 15) is 14.3 Å². The van der Waals surface area contributed by atoms with E-state index in [-0.39, 0.29) is 18.5 Å². The molecule has 8 nitrogen and oxygen atoms in total. The van der Waals surface area contributed by atoms with Crippen LogP contribution < -0.4 is 9.47 Å². The summed E-state index contributed by atoms with van der Waals surface area (Å²) in [7, 11) is 0. The molecule has 9 heteroatoms. The van der Waals surface area contributed by atoms with Gasteiger partial charge in [0.2, 0.25) is 0 Å². The summed E-state index contributed by atoms with van der Waals surface area (Å²) in [4.78, 5) is 24.5. The highest BCUT2D eigenvalue weighted by atomic mass is 19.1. The molecule has 1 amide bonds. The number of aliphatic hydroxyl groups excluding tert-OH is 1. The van der Waals surface area contributed by atoms with Gasteiger partial charge in [-0.25, -0.2) is 14.4 Å². The standard InChI is InChI=1S/C25H25FN4O4/c26-19-12-27-25(28-13-19)34-21-5-6-22-23(11-21)33-10-9-30(24(22)32)16-20(31)15-29-8-7-17-3-1-2-4-18(17)14-29/h1-6,11-13,20,31H,7-10,14-16H2. The first-order valence-electron chi connectivity index (χ1n) is 11.2. The van der Waals surface area contributed by atoms with Gasteiger partial charge >= 0.3 is 6.01 Å². The SMILES string of the molecule is O=C1c2ccc(Oc3ncc(F)cn3)cc2OCCN1CC(O)CN1CCc2ccccc2C1. The van der Waals surface area contributed by atoms with Crippen molar-refractivity contribution in [1.29, 1.82) is 0 Å². The lowest BCUT2D eigenvalue weighted by molar-refractivity contribution is 0.0501. The fraction of sp³-hybridized carbons (Fsp3) is 0.320. The summed E-state index contributed by atoms with van der Waals surface area (Å²) in [6.07, 6.45) is 2.31. The first-order valence-corrected chi connectivity index (χ1v) is 11.2. The Kier molecular flexibility index (Phi) is 6.37. The third-order valence-corrected chi connectivity index (χ3v) is 6.01. The van der Waals surface area contributed by atoms with Gasteiger partial charge in [0.25, 0.3) is 5.91 Å². The second-order valence-electron chi connectivity index (χ2n) is 8.45. The van der Waals surface area contributed by atoms with Gasteiger partial charge in [-0.3, -0.25) is 9.69 Å². The molecule has 0 bridgehead atoms. The molecule has 2 aliphatic rings. The number of fused-ring (bicyclic) bond motifs is 2. The summed E-state index contributed by atoms with van der Waals surface area (Å²) in [6, 6.07) is 13.2. The van der Waals surface area contributed by atoms with E-state index in [0.717, 1.165) is 31.9 Å². The van der Waals surface area contributed by atoms with Crippen LogP contribution in [0.1, 0.15) is 21.5 Å². The number of carbonyl (C=O) groups is 1. The summed E-state index contributed by atoms with van der Waals surface area (Å²) in [6.45, 7) is 3.06. The van der Waals surface area contributed by atoms with E-state index in [1.807, 2.05) is 6.07 Å². The predicted octanol–water partition coefficient (Wildman–Crippen LogP) is 2.66. The molecule has 34 heavy (non-hydrogen) atoms. The Morgan fingerprint density at radius 3 is 2.71 bits per heavy atom. The van der Waals surface area contributed by atoms with Crippen LogP contribution in [0, 0.1) is 5.82 Å². The maximum Gasteiger partial charge on any atom is 0.322 e. The van der Waals surface area contributed by atoms with Crippen molar-refractivity contribution in [3.8, 4) is 17.5 Å². The molecular formula is C25H25FN4O4. The molecule has 2 aliphatic heterocycles. The lowest BCUT2D eigenvalue weighted by Crippen LogP contribution is -2.44. The van der Waals surface area contributed by atoms with Crippen molar-refractivity contribution < 1.29 is 23.8 Å². The van der Waals surface area contributed by atoms with Crippen LogP contribution >= 0.6 is 0 Å². The normalized spacial score (nSPS) is 16.8. The van der Waals surface area contributed by atoms with Crippen molar-refractivity contribution in [2.45, 2.75) is 19.1 Å². The number of amides is 1. The maximum absolute atomic E-state index is 13.1. The molecule has 1 atom stereocenters. The minimum atomic E-state index is -0.672. The molecule has 1 aromatic heterocycles. The highest BCUT2D eigenvalue weighted by Gasteiger charge is 2.27. The van der Waals surface area contributed by atoms with Gasteiger partial charge < -0.3 is 19.5 Å². The molecule has 0 aliphatic carbocycles. The predicted molar refractivity (Wildman–Crippen MR) is 121 cm³/mol. The number of halogens is 1. The number of nitrogens with zero attached hydrogens (tertiary/aromatic N) is 4. The third kappa shape index (κ3) is 5.00. The number of rotatable bonds is 6. The number of hydrogen-bond acceptors (Lipinski definition) is 7. The topological polar surface area (TPSA) is 88.0 Å². The van der Waals surface area contributed by atoms with E-state index in [2.05, 4.69) is 33.1 Å². The third-order valence-electron chi connectivity index (χ3n) is 6.01. The summed E-state index contributed by atoms with van der Waals surface area (Å²) in [5.41, 5.74) is 3.04. The molecule has 0 radical (unpaired) electrons. The summed E-state index contributed by atoms with van der Waals surface area (Å²) >= 11 is 0. The Morgan fingerprint density at radius 1 is 1.09 bits per heavy atom. The monoisotopic (exact) mass is 464 g/mol. The van der Waals surface area contributed by atoms with Gasteiger partial charge in [0.05, 0.1) is 30.6 Å². The van der Waals surface area contributed by atoms with E-state index >= 15 is 0 Å². The van der Waals surface area contributed by atoms with Crippen LogP contribution in [0.15, 0.2) is 54.9 Å². The van der Waals surface area contributed by atoms with Gasteiger partial charge in [-0.05, 0) is 29.7 Å². The van der Waals surface area contributed by atoms with E-state index in [0.29, 0.717) is 36.8 Å². The molecular weight excluding hydrogens is 439 g/mol. The smallest absolute Gasteiger partial charge is 0.322 e. The lowest BCUT2D eigenvalue weighted by atomic mass is 10.00. The second-order valence-corrected chi connectivity index (χ2v) is 8.45. The molecule has 0 spiro atoms. The Hall–Kier alpha value is -3.56. The first kappa shape index (κ1) is 22.2. The lowest BCUT2D eigenvalue weighted by Gasteiger charge is -2.32. The van der Waals surface area contributed by atoms with E-state index in [4.69, 9.17) is 9.47 Å². The number of benzene rings is 2. The van der Waals surface area contributed by atoms with Gasteiger partial charge in [0, 0.05) is 32.2 Å². The molecule has 0 fully saturated rings. The number of hydrogen-bond donors (Lipinski definition) is 1. The van der Waals surface area contributed by atoms with Crippen molar-refractivity contribution in [2.24, 2.45) is 0 Å². The van der Waals surface area contributed by atoms with Gasteiger partial charge in [0.15, 0.2) is 5.82 Å². The minimum Gasteiger partial charge on any atom is -0.491 e. The van der Waals surface area contributed by atoms with Gasteiger partial charge in [-0.1, -0.05) is 24.3 Å². The van der Waals surface area contributed by atoms with Crippen molar-refractivity contribution in [3.63, 3.8) is 0 Å². The number of β-amino-alcohol motifs (C(OH)–C–C–N with tert-alkyl or cyclic N) is 1. The minimum absolute atomic E-state index is 0.00798. The summed E-state index contributed by atoms with van der Waals surface area (Å²) < 4.78 is 24.3. The molecule has 3 aromatic rings. The van der Waals surface area contributed by atoms with Crippen LogP contribution in [0.3, 0.4) is 0 Å². The molecule has 3 heterocycles. The van der Waals surface area contributed by atoms with Crippen molar-refractivity contribution in [3.05, 3.63) is 77.4 Å². The Balaban J connectivity index is 1.22. The summed E-state index contributed by atoms with van der Waals surface area (Å²) in [5.74, 6) is -0.0121. The summed E-state index contributed by atoms with van der Waals surface area (Å²) in [5, 5.41) is 10.8. The largest absolute Gasteiger partial charge is 0.491 e. The Morgan fingerprint density at radius 2 is 1.88 bits per heavy atom. The van der Waals surface area contributed by atoms with E-state index in [1.54, 1.807) is 23.1 Å². The van der Waals surface area contributed by atoms with Gasteiger partial charge in [-0.15, -0.1) is 0 Å². The number of aliphatic hydroxyl groups is 1. The average molecular weight is 464 g/mol. The van der Waals surface area contributed by atoms with Crippen LogP contribution in [0.4, 0.5) is 4.39 Å². The second kappa shape index (κ2) is 9.74. The maximum atomic E-state index is 13.1. The first-order chi connectivity index (χ1) is 16.5. The van der Waals surface area contributed by atoms with E-state index < -0.39 is 11.9 Å². The zero-order chi connectivity index (χ0) is 23.5. The van der Waals surface area contributed by atoms with Crippen LogP contribution in [0.25, 0.3) is 0 Å². The molecule has 1 N–H and O–H groups in total. The van der Waals surface area contributed by atoms with Crippen LogP contribution in [-0.2, 0) is 13.0 Å². The van der Waals surface area contributed by atoms with Crippen molar-refractivity contribution in [1.82, 2.24) is 19.8 Å². The number of aromatic nitrogens is 2. The molecule has 5 rings (SSSR count). The Bertz CT molecular complexity index is 1170. The van der Waals surface area contributed by atoms with Crippen molar-refractivity contribution in [2.75, 3.05) is 32.8 Å². The van der Waals surface area contributed by atoms with Gasteiger partial charge in [0.1, 0.15) is 18.1 Å². The average Bonchev–Trinajstić information content (AvgIpc) is 2.99. The molecule has 1 unspecified atom stereocenters. The zero-order valence-corrected chi connectivity index (χ0v) is 18.6. The van der Waals surface area contributed by atoms with Gasteiger partial charge in [-0.2, -0.15) is 0 Å². The molecule has 2 aromatic carbocycles. The highest BCUT2D eigenvalue weighted by Crippen LogP contribution is 2.30. The fourth-order valence-corrected chi connectivity index (χ4v) is 4.35. The Labute approximate surface area is 196 Å². The van der Waals surface area contributed by atoms with Crippen LogP contribution in [0.2, 0.25) is 0 Å².